The van der Waals surface area contributed by atoms with Gasteiger partial charge in [-0.3, -0.25) is 4.79 Å². The number of benzene rings is 1. The molecule has 1 amide bonds. The van der Waals surface area contributed by atoms with Crippen molar-refractivity contribution in [2.24, 2.45) is 17.6 Å². The fraction of sp³-hybridized carbons (Fsp3) is 0.562. The fourth-order valence-corrected chi connectivity index (χ4v) is 2.30. The number of carbonyl (C=O) groups is 1. The summed E-state index contributed by atoms with van der Waals surface area (Å²) in [4.78, 5) is 12.3. The number of hydrogen-bond acceptors (Lipinski definition) is 2. The van der Waals surface area contributed by atoms with E-state index in [1.165, 1.54) is 11.1 Å². The van der Waals surface area contributed by atoms with Gasteiger partial charge in [-0.15, -0.1) is 0 Å². The van der Waals surface area contributed by atoms with E-state index < -0.39 is 0 Å². The Morgan fingerprint density at radius 1 is 1.16 bits per heavy atom. The van der Waals surface area contributed by atoms with E-state index in [2.05, 4.69) is 25.2 Å². The Balaban J connectivity index is 3.09. The molecule has 0 bridgehead atoms. The topological polar surface area (TPSA) is 55.1 Å². The maximum atomic E-state index is 12.3. The molecule has 19 heavy (non-hydrogen) atoms. The molecule has 0 aliphatic heterocycles. The number of hydrogen-bond donors (Lipinski definition) is 2. The van der Waals surface area contributed by atoms with Gasteiger partial charge in [0.05, 0.1) is 5.92 Å². The first-order chi connectivity index (χ1) is 8.79. The third kappa shape index (κ3) is 3.35. The quantitative estimate of drug-likeness (QED) is 0.876. The van der Waals surface area contributed by atoms with Crippen LogP contribution in [-0.4, -0.2) is 12.5 Å². The van der Waals surface area contributed by atoms with Crippen molar-refractivity contribution < 1.29 is 4.79 Å². The summed E-state index contributed by atoms with van der Waals surface area (Å²) in [7, 11) is 0. The van der Waals surface area contributed by atoms with Gasteiger partial charge in [0.15, 0.2) is 0 Å². The average Bonchev–Trinajstić information content (AvgIpc) is 2.32. The van der Waals surface area contributed by atoms with E-state index in [1.54, 1.807) is 0 Å². The minimum absolute atomic E-state index is 0.0219. The van der Waals surface area contributed by atoms with Crippen LogP contribution in [0, 0.1) is 39.5 Å². The number of amides is 1. The molecule has 0 radical (unpaired) electrons. The molecule has 106 valence electrons. The monoisotopic (exact) mass is 262 g/mol. The second-order valence-electron chi connectivity index (χ2n) is 5.71. The van der Waals surface area contributed by atoms with Crippen LogP contribution in [0.25, 0.3) is 0 Å². The fourth-order valence-electron chi connectivity index (χ4n) is 2.30. The molecule has 0 saturated carbocycles. The lowest BCUT2D eigenvalue weighted by atomic mass is 9.93. The van der Waals surface area contributed by atoms with Crippen LogP contribution in [0.2, 0.25) is 0 Å². The minimum Gasteiger partial charge on any atom is -0.330 e. The van der Waals surface area contributed by atoms with Gasteiger partial charge in [0.1, 0.15) is 0 Å². The van der Waals surface area contributed by atoms with E-state index in [1.807, 2.05) is 27.7 Å². The highest BCUT2D eigenvalue weighted by atomic mass is 16.1. The summed E-state index contributed by atoms with van der Waals surface area (Å²) in [6, 6.07) is 2.16. The lowest BCUT2D eigenvalue weighted by molar-refractivity contribution is -0.120. The second kappa shape index (κ2) is 6.20. The van der Waals surface area contributed by atoms with E-state index in [4.69, 9.17) is 5.73 Å². The normalized spacial score (nSPS) is 12.6. The molecule has 0 aliphatic carbocycles. The largest absolute Gasteiger partial charge is 0.330 e. The molecule has 1 aromatic carbocycles. The molecule has 0 spiro atoms. The van der Waals surface area contributed by atoms with Crippen molar-refractivity contribution in [3.05, 3.63) is 28.3 Å². The van der Waals surface area contributed by atoms with E-state index >= 15 is 0 Å². The Morgan fingerprint density at radius 3 is 2.00 bits per heavy atom. The Kier molecular flexibility index (Phi) is 5.12. The zero-order valence-electron chi connectivity index (χ0n) is 12.9. The zero-order valence-corrected chi connectivity index (χ0v) is 12.9. The van der Waals surface area contributed by atoms with Crippen molar-refractivity contribution in [3.63, 3.8) is 0 Å². The number of nitrogens with two attached hydrogens (primary N) is 1. The van der Waals surface area contributed by atoms with Gasteiger partial charge in [0.25, 0.3) is 0 Å². The summed E-state index contributed by atoms with van der Waals surface area (Å²) in [6.45, 7) is 12.7. The maximum absolute atomic E-state index is 12.3. The second-order valence-corrected chi connectivity index (χ2v) is 5.71. The summed E-state index contributed by atoms with van der Waals surface area (Å²) in [5.41, 5.74) is 11.3. The van der Waals surface area contributed by atoms with Crippen LogP contribution in [-0.2, 0) is 4.79 Å². The SMILES string of the molecule is Cc1cc(C)c(C)c(NC(=O)C(CN)C(C)C)c1C. The van der Waals surface area contributed by atoms with Gasteiger partial charge in [-0.25, -0.2) is 0 Å². The third-order valence-corrected chi connectivity index (χ3v) is 4.01. The van der Waals surface area contributed by atoms with Gasteiger partial charge in [-0.2, -0.15) is 0 Å². The minimum atomic E-state index is -0.139. The van der Waals surface area contributed by atoms with E-state index in [-0.39, 0.29) is 17.7 Å². The van der Waals surface area contributed by atoms with Crippen LogP contribution < -0.4 is 11.1 Å². The van der Waals surface area contributed by atoms with Crippen LogP contribution in [0.15, 0.2) is 6.07 Å². The highest BCUT2D eigenvalue weighted by Crippen LogP contribution is 2.27. The van der Waals surface area contributed by atoms with Crippen molar-refractivity contribution in [2.45, 2.75) is 41.5 Å². The molecule has 0 heterocycles. The zero-order chi connectivity index (χ0) is 14.7. The van der Waals surface area contributed by atoms with Gasteiger partial charge in [-0.1, -0.05) is 19.9 Å². The van der Waals surface area contributed by atoms with Crippen LogP contribution in [0.4, 0.5) is 5.69 Å². The molecular formula is C16H26N2O. The molecule has 1 atom stereocenters. The van der Waals surface area contributed by atoms with Crippen LogP contribution in [0.1, 0.15) is 36.1 Å². The van der Waals surface area contributed by atoms with Crippen LogP contribution in [0.5, 0.6) is 0 Å². The molecule has 1 unspecified atom stereocenters. The Bertz CT molecular complexity index is 452. The highest BCUT2D eigenvalue weighted by molar-refractivity contribution is 5.94. The molecule has 3 nitrogen and oxygen atoms in total. The average molecular weight is 262 g/mol. The molecule has 1 rings (SSSR count). The number of anilines is 1. The molecule has 1 aromatic rings. The summed E-state index contributed by atoms with van der Waals surface area (Å²) in [5, 5.41) is 3.07. The van der Waals surface area contributed by atoms with E-state index in [0.717, 1.165) is 16.8 Å². The van der Waals surface area contributed by atoms with Gasteiger partial charge in [0.2, 0.25) is 5.91 Å². The van der Waals surface area contributed by atoms with Crippen molar-refractivity contribution in [3.8, 4) is 0 Å². The Morgan fingerprint density at radius 2 is 1.63 bits per heavy atom. The number of rotatable bonds is 4. The molecule has 0 aliphatic rings. The van der Waals surface area contributed by atoms with Gasteiger partial charge < -0.3 is 11.1 Å². The first kappa shape index (κ1) is 15.7. The molecule has 0 fully saturated rings. The maximum Gasteiger partial charge on any atom is 0.229 e. The predicted molar refractivity (Wildman–Crippen MR) is 81.4 cm³/mol. The summed E-state index contributed by atoms with van der Waals surface area (Å²) in [6.07, 6.45) is 0. The standard InChI is InChI=1S/C16H26N2O/c1-9(2)14(8-17)16(19)18-15-12(5)10(3)7-11(4)13(15)6/h7,9,14H,8,17H2,1-6H3,(H,18,19). The summed E-state index contributed by atoms with van der Waals surface area (Å²) in [5.74, 6) is 0.129. The lowest BCUT2D eigenvalue weighted by Gasteiger charge is -2.21. The van der Waals surface area contributed by atoms with E-state index in [9.17, 15) is 4.79 Å². The van der Waals surface area contributed by atoms with E-state index in [0.29, 0.717) is 6.54 Å². The van der Waals surface area contributed by atoms with Crippen molar-refractivity contribution in [1.82, 2.24) is 0 Å². The first-order valence-electron chi connectivity index (χ1n) is 6.87. The van der Waals surface area contributed by atoms with Crippen LogP contribution >= 0.6 is 0 Å². The third-order valence-electron chi connectivity index (χ3n) is 4.01. The smallest absolute Gasteiger partial charge is 0.229 e. The molecule has 0 aromatic heterocycles. The van der Waals surface area contributed by atoms with Crippen molar-refractivity contribution >= 4 is 11.6 Å². The van der Waals surface area contributed by atoms with Crippen molar-refractivity contribution in [2.75, 3.05) is 11.9 Å². The van der Waals surface area contributed by atoms with Crippen LogP contribution in [0.3, 0.4) is 0 Å². The van der Waals surface area contributed by atoms with Gasteiger partial charge in [-0.05, 0) is 55.9 Å². The molecular weight excluding hydrogens is 236 g/mol. The Hall–Kier alpha value is -1.35. The molecule has 3 N–H and O–H groups in total. The van der Waals surface area contributed by atoms with Gasteiger partial charge >= 0.3 is 0 Å². The molecule has 3 heteroatoms. The Labute approximate surface area is 116 Å². The number of nitrogens with one attached hydrogen (secondary N) is 1. The predicted octanol–water partition coefficient (Wildman–Crippen LogP) is 3.09. The first-order valence-corrected chi connectivity index (χ1v) is 6.87. The van der Waals surface area contributed by atoms with Gasteiger partial charge in [0, 0.05) is 12.2 Å². The lowest BCUT2D eigenvalue weighted by Crippen LogP contribution is -2.33. The molecule has 0 saturated heterocycles. The number of carbonyl (C=O) groups excluding carboxylic acids is 1. The van der Waals surface area contributed by atoms with Crippen molar-refractivity contribution in [1.29, 1.82) is 0 Å². The highest BCUT2D eigenvalue weighted by Gasteiger charge is 2.22. The summed E-state index contributed by atoms with van der Waals surface area (Å²) < 4.78 is 0. The summed E-state index contributed by atoms with van der Waals surface area (Å²) >= 11 is 0. The number of aryl methyl sites for hydroxylation is 2.